The molecule has 32 heavy (non-hydrogen) atoms. The van der Waals surface area contributed by atoms with E-state index in [1.54, 1.807) is 17.2 Å². The molecule has 2 aromatic heterocycles. The molecule has 4 heterocycles. The molecule has 1 saturated heterocycles. The van der Waals surface area contributed by atoms with Crippen molar-refractivity contribution in [3.8, 4) is 0 Å². The normalized spacial score (nSPS) is 18.1. The molecule has 3 aromatic rings. The molecule has 1 atom stereocenters. The lowest BCUT2D eigenvalue weighted by Crippen LogP contribution is -2.34. The summed E-state index contributed by atoms with van der Waals surface area (Å²) in [5.74, 6) is 1.35. The maximum absolute atomic E-state index is 12.4. The number of rotatable bonds is 6. The number of carbonyl (C=O) groups excluding carboxylic acids is 2. The van der Waals surface area contributed by atoms with Gasteiger partial charge >= 0.3 is 6.09 Å². The van der Waals surface area contributed by atoms with Gasteiger partial charge in [-0.1, -0.05) is 0 Å². The molecule has 0 unspecified atom stereocenters. The second kappa shape index (κ2) is 8.79. The number of benzene rings is 1. The van der Waals surface area contributed by atoms with Crippen LogP contribution in [0.15, 0.2) is 68.0 Å². The number of anilines is 2. The van der Waals surface area contributed by atoms with E-state index in [2.05, 4.69) is 31.1 Å². The summed E-state index contributed by atoms with van der Waals surface area (Å²) in [6.45, 7) is 2.09. The van der Waals surface area contributed by atoms with Crippen molar-refractivity contribution < 1.29 is 18.7 Å². The lowest BCUT2D eigenvalue weighted by atomic mass is 10.2. The summed E-state index contributed by atoms with van der Waals surface area (Å²) in [5, 5.41) is 2.83. The highest BCUT2D eigenvalue weighted by Gasteiger charge is 2.33. The lowest BCUT2D eigenvalue weighted by Gasteiger charge is -2.20. The molecule has 1 N–H and O–H groups in total. The number of furan rings is 1. The monoisotopic (exact) mass is 514 g/mol. The largest absolute Gasteiger partial charge is 0.461 e. The Hall–Kier alpha value is -3.11. The van der Waals surface area contributed by atoms with Crippen molar-refractivity contribution in [3.05, 3.63) is 69.2 Å². The van der Waals surface area contributed by atoms with Crippen LogP contribution in [0.4, 0.5) is 16.2 Å². The Morgan fingerprint density at radius 3 is 2.62 bits per heavy atom. The first-order valence-corrected chi connectivity index (χ1v) is 11.7. The van der Waals surface area contributed by atoms with Gasteiger partial charge in [-0.25, -0.2) is 4.79 Å². The van der Waals surface area contributed by atoms with Crippen molar-refractivity contribution in [3.63, 3.8) is 0 Å². The first-order valence-electron chi connectivity index (χ1n) is 10.1. The van der Waals surface area contributed by atoms with E-state index in [0.29, 0.717) is 18.0 Å². The molecule has 1 aromatic carbocycles. The van der Waals surface area contributed by atoms with Gasteiger partial charge in [-0.3, -0.25) is 14.7 Å². The van der Waals surface area contributed by atoms with E-state index in [4.69, 9.17) is 9.15 Å². The maximum Gasteiger partial charge on any atom is 0.414 e. The molecule has 10 heteroatoms. The zero-order chi connectivity index (χ0) is 22.1. The van der Waals surface area contributed by atoms with Gasteiger partial charge in [-0.05, 0) is 64.5 Å². The lowest BCUT2D eigenvalue weighted by molar-refractivity contribution is 0.0920. The number of carbonyl (C=O) groups is 2. The van der Waals surface area contributed by atoms with Crippen LogP contribution in [0.2, 0.25) is 0 Å². The Balaban J connectivity index is 1.21. The van der Waals surface area contributed by atoms with Crippen LogP contribution in [-0.2, 0) is 4.74 Å². The topological polar surface area (TPSA) is 87.4 Å². The SMILES string of the molecule is O=C(NC[C@H]1CN(c2ccc(N3CCN=C3c3ccco3)cc2)C(=O)O1)c1ccc(Br)s1. The molecule has 1 fully saturated rings. The molecular weight excluding hydrogens is 496 g/mol. The van der Waals surface area contributed by atoms with Crippen LogP contribution >= 0.6 is 27.3 Å². The van der Waals surface area contributed by atoms with Crippen LogP contribution in [-0.4, -0.2) is 50.1 Å². The van der Waals surface area contributed by atoms with E-state index < -0.39 is 12.2 Å². The van der Waals surface area contributed by atoms with Crippen molar-refractivity contribution in [2.45, 2.75) is 6.10 Å². The fourth-order valence-electron chi connectivity index (χ4n) is 3.70. The molecule has 0 spiro atoms. The number of hydrogen-bond acceptors (Lipinski definition) is 7. The van der Waals surface area contributed by atoms with Gasteiger partial charge < -0.3 is 19.4 Å². The second-order valence-corrected chi connectivity index (χ2v) is 9.74. The molecule has 2 aliphatic rings. The van der Waals surface area contributed by atoms with Crippen molar-refractivity contribution in [2.75, 3.05) is 36.0 Å². The average Bonchev–Trinajstić information content (AvgIpc) is 3.58. The molecule has 2 aliphatic heterocycles. The number of halogens is 1. The highest BCUT2D eigenvalue weighted by molar-refractivity contribution is 9.11. The van der Waals surface area contributed by atoms with Crippen LogP contribution in [0.1, 0.15) is 15.4 Å². The van der Waals surface area contributed by atoms with Gasteiger partial charge in [0.2, 0.25) is 0 Å². The van der Waals surface area contributed by atoms with Crippen LogP contribution in [0, 0.1) is 0 Å². The maximum atomic E-state index is 12.4. The Kier molecular flexibility index (Phi) is 5.71. The summed E-state index contributed by atoms with van der Waals surface area (Å²) in [6.07, 6.45) is 0.801. The Labute approximate surface area is 196 Å². The van der Waals surface area contributed by atoms with Crippen molar-refractivity contribution in [1.82, 2.24) is 5.32 Å². The van der Waals surface area contributed by atoms with Crippen LogP contribution < -0.4 is 15.1 Å². The van der Waals surface area contributed by atoms with E-state index in [1.807, 2.05) is 42.5 Å². The zero-order valence-corrected chi connectivity index (χ0v) is 19.3. The average molecular weight is 515 g/mol. The van der Waals surface area contributed by atoms with Gasteiger partial charge in [0.15, 0.2) is 11.6 Å². The summed E-state index contributed by atoms with van der Waals surface area (Å²) in [7, 11) is 0. The van der Waals surface area contributed by atoms with Gasteiger partial charge in [-0.15, -0.1) is 11.3 Å². The fraction of sp³-hybridized carbons (Fsp3) is 0.227. The van der Waals surface area contributed by atoms with E-state index in [0.717, 1.165) is 33.3 Å². The Bertz CT molecular complexity index is 1160. The third-order valence-corrected chi connectivity index (χ3v) is 6.84. The van der Waals surface area contributed by atoms with Gasteiger partial charge in [0.25, 0.3) is 5.91 Å². The number of amidine groups is 1. The number of aliphatic imine (C=N–C) groups is 1. The smallest absolute Gasteiger partial charge is 0.414 e. The van der Waals surface area contributed by atoms with E-state index >= 15 is 0 Å². The molecule has 8 nitrogen and oxygen atoms in total. The summed E-state index contributed by atoms with van der Waals surface area (Å²) in [6, 6.07) is 15.0. The highest BCUT2D eigenvalue weighted by atomic mass is 79.9. The molecule has 2 amide bonds. The molecule has 0 bridgehead atoms. The van der Waals surface area contributed by atoms with Gasteiger partial charge in [0.05, 0.1) is 34.6 Å². The molecule has 5 rings (SSSR count). The van der Waals surface area contributed by atoms with Crippen molar-refractivity contribution >= 4 is 56.5 Å². The van der Waals surface area contributed by atoms with Crippen LogP contribution in [0.3, 0.4) is 0 Å². The van der Waals surface area contributed by atoms with E-state index in [1.165, 1.54) is 11.3 Å². The minimum absolute atomic E-state index is 0.181. The number of amides is 2. The Morgan fingerprint density at radius 2 is 1.94 bits per heavy atom. The highest BCUT2D eigenvalue weighted by Crippen LogP contribution is 2.27. The minimum Gasteiger partial charge on any atom is -0.461 e. The minimum atomic E-state index is -0.421. The predicted molar refractivity (Wildman–Crippen MR) is 126 cm³/mol. The molecule has 0 aliphatic carbocycles. The Morgan fingerprint density at radius 1 is 1.16 bits per heavy atom. The first kappa shape index (κ1) is 20.8. The van der Waals surface area contributed by atoms with Crippen LogP contribution in [0.25, 0.3) is 0 Å². The number of cyclic esters (lactones) is 1. The second-order valence-electron chi connectivity index (χ2n) is 7.28. The van der Waals surface area contributed by atoms with Crippen molar-refractivity contribution in [2.24, 2.45) is 4.99 Å². The van der Waals surface area contributed by atoms with Crippen molar-refractivity contribution in [1.29, 1.82) is 0 Å². The molecular formula is C22H19BrN4O4S. The number of ether oxygens (including phenoxy) is 1. The van der Waals surface area contributed by atoms with Gasteiger partial charge in [0, 0.05) is 17.9 Å². The quantitative estimate of drug-likeness (QED) is 0.534. The van der Waals surface area contributed by atoms with Crippen LogP contribution in [0.5, 0.6) is 0 Å². The fourth-order valence-corrected chi connectivity index (χ4v) is 5.00. The van der Waals surface area contributed by atoms with E-state index in [9.17, 15) is 9.59 Å². The number of hydrogen-bond donors (Lipinski definition) is 1. The summed E-state index contributed by atoms with van der Waals surface area (Å²) in [5.41, 5.74) is 1.71. The van der Waals surface area contributed by atoms with Gasteiger partial charge in [0.1, 0.15) is 6.10 Å². The molecule has 0 saturated carbocycles. The van der Waals surface area contributed by atoms with Gasteiger partial charge in [-0.2, -0.15) is 0 Å². The predicted octanol–water partition coefficient (Wildman–Crippen LogP) is 4.13. The summed E-state index contributed by atoms with van der Waals surface area (Å²) < 4.78 is 11.8. The standard InChI is InChI=1S/C22H19BrN4O4S/c23-19-8-7-18(32-19)21(28)25-12-16-13-27(22(29)31-16)15-5-3-14(4-6-15)26-10-9-24-20(26)17-2-1-11-30-17/h1-8,11,16H,9-10,12-13H2,(H,25,28)/t16-/m0/s1. The third-order valence-electron chi connectivity index (χ3n) is 5.22. The number of thiophene rings is 1. The summed E-state index contributed by atoms with van der Waals surface area (Å²) in [4.78, 5) is 33.4. The number of nitrogens with zero attached hydrogens (tertiary/aromatic N) is 3. The first-order chi connectivity index (χ1) is 15.6. The third kappa shape index (κ3) is 4.15. The molecule has 0 radical (unpaired) electrons. The van der Waals surface area contributed by atoms with E-state index in [-0.39, 0.29) is 12.5 Å². The summed E-state index contributed by atoms with van der Waals surface area (Å²) >= 11 is 4.70. The number of nitrogens with one attached hydrogen (secondary N) is 1. The zero-order valence-electron chi connectivity index (χ0n) is 16.9. The molecule has 164 valence electrons.